The third kappa shape index (κ3) is 22.7. The Morgan fingerprint density at radius 3 is 1.92 bits per heavy atom. The Kier molecular flexibility index (Phi) is 8.51. The smallest absolute Gasteiger partial charge is 0.306 e. The molecule has 0 aliphatic rings. The molecule has 0 spiro atoms. The molecule has 0 bridgehead atoms. The number of likely N-dealkylation sites (N-methyl/N-ethyl adjacent to an activating group) is 1. The zero-order chi connectivity index (χ0) is 10.2. The first-order chi connectivity index (χ1) is 5.33. The first-order valence-corrected chi connectivity index (χ1v) is 4.48. The second-order valence-electron chi connectivity index (χ2n) is 2.15. The van der Waals surface area contributed by atoms with E-state index in [9.17, 15) is 8.42 Å². The van der Waals surface area contributed by atoms with Crippen molar-refractivity contribution in [3.8, 4) is 0 Å². The molecule has 0 aromatic carbocycles. The summed E-state index contributed by atoms with van der Waals surface area (Å²) in [6, 6.07) is 0. The third-order valence-electron chi connectivity index (χ3n) is 0.705. The van der Waals surface area contributed by atoms with Gasteiger partial charge in [0, 0.05) is 6.54 Å². The van der Waals surface area contributed by atoms with Crippen molar-refractivity contribution < 1.29 is 17.2 Å². The van der Waals surface area contributed by atoms with Crippen LogP contribution < -0.4 is 0 Å². The molecule has 0 aromatic heterocycles. The Balaban J connectivity index is 0. The summed E-state index contributed by atoms with van der Waals surface area (Å²) >= 11 is 0. The van der Waals surface area contributed by atoms with Crippen LogP contribution in [-0.2, 0) is 14.6 Å². The molecule has 0 fully saturated rings. The van der Waals surface area contributed by atoms with Crippen LogP contribution in [0.2, 0.25) is 0 Å². The average molecular weight is 197 g/mol. The van der Waals surface area contributed by atoms with Crippen molar-refractivity contribution in [2.24, 2.45) is 0 Å². The molecule has 0 saturated carbocycles. The largest absolute Gasteiger partial charge is 0.397 e. The lowest BCUT2D eigenvalue weighted by Gasteiger charge is -2.01. The van der Waals surface area contributed by atoms with E-state index in [0.717, 1.165) is 13.7 Å². The van der Waals surface area contributed by atoms with E-state index in [2.05, 4.69) is 15.7 Å². The quantitative estimate of drug-likeness (QED) is 0.516. The average Bonchev–Trinajstić information content (AvgIpc) is 1.87. The first kappa shape index (κ1) is 14.1. The van der Waals surface area contributed by atoms with Crippen molar-refractivity contribution in [1.82, 2.24) is 4.90 Å². The maximum atomic E-state index is 9.33. The Morgan fingerprint density at radius 2 is 1.92 bits per heavy atom. The van der Waals surface area contributed by atoms with E-state index in [1.54, 1.807) is 0 Å². The summed E-state index contributed by atoms with van der Waals surface area (Å²) in [5, 5.41) is 0. The lowest BCUT2D eigenvalue weighted by molar-refractivity contribution is 0.324. The number of hydrogen-bond acceptors (Lipinski definition) is 4. The Bertz CT molecular complexity index is 198. The fourth-order valence-electron chi connectivity index (χ4n) is 0.258. The molecule has 0 atom stereocenters. The van der Waals surface area contributed by atoms with E-state index < -0.39 is 10.4 Å². The minimum atomic E-state index is -4.16. The molecule has 0 aromatic rings. The molecule has 0 amide bonds. The first-order valence-electron chi connectivity index (χ1n) is 3.12. The number of nitrogens with zero attached hydrogens (tertiary/aromatic N) is 1. The third-order valence-corrected chi connectivity index (χ3v) is 1.13. The zero-order valence-corrected chi connectivity index (χ0v) is 8.34. The van der Waals surface area contributed by atoms with Gasteiger partial charge >= 0.3 is 10.4 Å². The van der Waals surface area contributed by atoms with Crippen LogP contribution in [0.1, 0.15) is 0 Å². The summed E-state index contributed by atoms with van der Waals surface area (Å²) in [7, 11) is 0.739. The summed E-state index contributed by atoms with van der Waals surface area (Å²) in [4.78, 5) is 2.06. The number of rotatable bonds is 3. The summed E-state index contributed by atoms with van der Waals surface area (Å²) in [6.07, 6.45) is 1.88. The van der Waals surface area contributed by atoms with Crippen LogP contribution in [0.3, 0.4) is 0 Å². The predicted molar refractivity (Wildman–Crippen MR) is 47.3 cm³/mol. The van der Waals surface area contributed by atoms with Crippen molar-refractivity contribution in [3.63, 3.8) is 0 Å². The van der Waals surface area contributed by atoms with Crippen LogP contribution in [0.5, 0.6) is 0 Å². The highest BCUT2D eigenvalue weighted by Crippen LogP contribution is 1.74. The molecule has 0 unspecified atom stereocenters. The van der Waals surface area contributed by atoms with Gasteiger partial charge in [-0.3, -0.25) is 8.74 Å². The van der Waals surface area contributed by atoms with Gasteiger partial charge in [-0.2, -0.15) is 8.42 Å². The lowest BCUT2D eigenvalue weighted by atomic mass is 10.6. The van der Waals surface area contributed by atoms with E-state index in [0.29, 0.717) is 0 Å². The van der Waals surface area contributed by atoms with E-state index in [1.165, 1.54) is 0 Å². The maximum Gasteiger partial charge on any atom is 0.397 e. The second-order valence-corrected chi connectivity index (χ2v) is 3.33. The van der Waals surface area contributed by atoms with E-state index in [1.807, 2.05) is 20.2 Å². The van der Waals surface area contributed by atoms with Gasteiger partial charge in [-0.1, -0.05) is 6.08 Å². The number of hydrogen-bond donors (Lipinski definition) is 1. The summed E-state index contributed by atoms with van der Waals surface area (Å²) < 4.78 is 29.7. The molecule has 0 saturated heterocycles. The van der Waals surface area contributed by atoms with Crippen molar-refractivity contribution in [3.05, 3.63) is 12.7 Å². The minimum absolute atomic E-state index is 0.870. The summed E-state index contributed by atoms with van der Waals surface area (Å²) in [6.45, 7) is 4.53. The van der Waals surface area contributed by atoms with Crippen molar-refractivity contribution in [2.75, 3.05) is 27.7 Å². The monoisotopic (exact) mass is 197 g/mol. The van der Waals surface area contributed by atoms with E-state index in [-0.39, 0.29) is 0 Å². The maximum absolute atomic E-state index is 9.33. The molecular weight excluding hydrogens is 182 g/mol. The fraction of sp³-hybridized carbons (Fsp3) is 0.667. The van der Waals surface area contributed by atoms with Gasteiger partial charge < -0.3 is 4.90 Å². The van der Waals surface area contributed by atoms with Crippen LogP contribution in [-0.4, -0.2) is 45.6 Å². The van der Waals surface area contributed by atoms with Gasteiger partial charge in [0.15, 0.2) is 0 Å². The topological polar surface area (TPSA) is 66.8 Å². The Hall–Kier alpha value is -0.430. The van der Waals surface area contributed by atoms with Gasteiger partial charge in [-0.15, -0.1) is 6.58 Å². The standard InChI is InChI=1S/C5H11N.CH4O4S/c1-4-5-6(2)3;1-5-6(2,3)4/h4H,1,5H2,2-3H3;1H3,(H,2,3,4). The van der Waals surface area contributed by atoms with Gasteiger partial charge in [0.05, 0.1) is 7.11 Å². The van der Waals surface area contributed by atoms with Gasteiger partial charge in [-0.05, 0) is 14.1 Å². The van der Waals surface area contributed by atoms with Crippen LogP contribution in [0.25, 0.3) is 0 Å². The van der Waals surface area contributed by atoms with Crippen molar-refractivity contribution >= 4 is 10.4 Å². The van der Waals surface area contributed by atoms with Crippen LogP contribution in [0.15, 0.2) is 12.7 Å². The molecule has 0 heterocycles. The van der Waals surface area contributed by atoms with Gasteiger partial charge in [0.2, 0.25) is 0 Å². The molecular formula is C6H15NO4S. The van der Waals surface area contributed by atoms with Gasteiger partial charge in [-0.25, -0.2) is 0 Å². The van der Waals surface area contributed by atoms with E-state index >= 15 is 0 Å². The summed E-state index contributed by atoms with van der Waals surface area (Å²) in [5.74, 6) is 0. The Labute approximate surface area is 73.6 Å². The normalized spacial score (nSPS) is 10.4. The molecule has 0 aliphatic heterocycles. The van der Waals surface area contributed by atoms with E-state index in [4.69, 9.17) is 4.55 Å². The predicted octanol–water partition coefficient (Wildman–Crippen LogP) is 0.170. The highest BCUT2D eigenvalue weighted by Gasteiger charge is 1.94. The molecule has 0 radical (unpaired) electrons. The fourth-order valence-corrected chi connectivity index (χ4v) is 0.258. The van der Waals surface area contributed by atoms with Crippen LogP contribution in [0.4, 0.5) is 0 Å². The molecule has 0 rings (SSSR count). The van der Waals surface area contributed by atoms with Crippen LogP contribution in [0, 0.1) is 0 Å². The highest BCUT2D eigenvalue weighted by atomic mass is 32.3. The molecule has 0 aliphatic carbocycles. The minimum Gasteiger partial charge on any atom is -0.306 e. The molecule has 74 valence electrons. The zero-order valence-electron chi connectivity index (χ0n) is 7.52. The van der Waals surface area contributed by atoms with Crippen molar-refractivity contribution in [1.29, 1.82) is 0 Å². The second kappa shape index (κ2) is 7.23. The lowest BCUT2D eigenvalue weighted by Crippen LogP contribution is -2.09. The van der Waals surface area contributed by atoms with Crippen LogP contribution >= 0.6 is 0 Å². The summed E-state index contributed by atoms with van der Waals surface area (Å²) in [5.41, 5.74) is 0. The SMILES string of the molecule is C=CCN(C)C.COS(=O)(=O)O. The Morgan fingerprint density at radius 1 is 1.58 bits per heavy atom. The van der Waals surface area contributed by atoms with Gasteiger partial charge in [0.25, 0.3) is 0 Å². The highest BCUT2D eigenvalue weighted by molar-refractivity contribution is 7.80. The van der Waals surface area contributed by atoms with Gasteiger partial charge in [0.1, 0.15) is 0 Å². The molecule has 12 heavy (non-hydrogen) atoms. The molecule has 5 nitrogen and oxygen atoms in total. The van der Waals surface area contributed by atoms with Crippen molar-refractivity contribution in [2.45, 2.75) is 0 Å². The molecule has 6 heteroatoms. The molecule has 1 N–H and O–H groups in total.